The molecule has 0 saturated heterocycles. The molecule has 1 nitrogen and oxygen atoms in total. The van der Waals surface area contributed by atoms with Gasteiger partial charge in [-0.15, -0.1) is 11.3 Å². The van der Waals surface area contributed by atoms with Crippen molar-refractivity contribution < 1.29 is 0 Å². The minimum absolute atomic E-state index is 0.103. The van der Waals surface area contributed by atoms with Crippen LogP contribution in [-0.4, -0.2) is 0 Å². The fraction of sp³-hybridized carbons (Fsp3) is 0.167. The van der Waals surface area contributed by atoms with E-state index >= 15 is 0 Å². The van der Waals surface area contributed by atoms with Gasteiger partial charge in [-0.3, -0.25) is 0 Å². The molecule has 0 aliphatic heterocycles. The van der Waals surface area contributed by atoms with E-state index in [0.29, 0.717) is 0 Å². The third-order valence-electron chi connectivity index (χ3n) is 2.39. The van der Waals surface area contributed by atoms with Crippen molar-refractivity contribution in [2.75, 3.05) is 0 Å². The molecule has 1 unspecified atom stereocenters. The predicted octanol–water partition coefficient (Wildman–Crippen LogP) is 4.52. The van der Waals surface area contributed by atoms with E-state index in [-0.39, 0.29) is 6.04 Å². The van der Waals surface area contributed by atoms with Gasteiger partial charge < -0.3 is 5.73 Å². The average Bonchev–Trinajstić information content (AvgIpc) is 2.58. The molecule has 1 aromatic carbocycles. The molecule has 2 rings (SSSR count). The third kappa shape index (κ3) is 2.48. The predicted molar refractivity (Wildman–Crippen MR) is 74.2 cm³/mol. The highest BCUT2D eigenvalue weighted by atomic mass is 79.9. The maximum atomic E-state index is 6.20. The van der Waals surface area contributed by atoms with Gasteiger partial charge in [0, 0.05) is 9.90 Å². The van der Waals surface area contributed by atoms with E-state index in [2.05, 4.69) is 28.9 Å². The number of hydrogen-bond donors (Lipinski definition) is 1. The van der Waals surface area contributed by atoms with Crippen LogP contribution in [0.2, 0.25) is 5.02 Å². The fourth-order valence-corrected chi connectivity index (χ4v) is 3.30. The Labute approximate surface area is 112 Å². The lowest BCUT2D eigenvalue weighted by Gasteiger charge is -2.09. The number of hydrogen-bond acceptors (Lipinski definition) is 2. The molecular weight excluding hydrogens is 306 g/mol. The number of halogens is 2. The molecule has 2 aromatic rings. The number of thiophene rings is 1. The van der Waals surface area contributed by atoms with Crippen molar-refractivity contribution in [1.82, 2.24) is 0 Å². The molecule has 0 saturated carbocycles. The van der Waals surface area contributed by atoms with Gasteiger partial charge in [-0.2, -0.15) is 0 Å². The van der Waals surface area contributed by atoms with E-state index in [0.717, 1.165) is 19.2 Å². The van der Waals surface area contributed by atoms with Crippen LogP contribution in [0.4, 0.5) is 0 Å². The highest BCUT2D eigenvalue weighted by Crippen LogP contribution is 2.33. The summed E-state index contributed by atoms with van der Waals surface area (Å²) in [6.45, 7) is 2.06. The highest BCUT2D eigenvalue weighted by Gasteiger charge is 2.13. The lowest BCUT2D eigenvalue weighted by Crippen LogP contribution is -2.09. The second-order valence-corrected chi connectivity index (χ2v) is 6.48. The molecule has 1 atom stereocenters. The minimum atomic E-state index is -0.103. The first-order valence-corrected chi connectivity index (χ1v) is 6.83. The van der Waals surface area contributed by atoms with Crippen molar-refractivity contribution in [3.8, 4) is 0 Å². The molecule has 0 amide bonds. The minimum Gasteiger partial charge on any atom is -0.320 e. The summed E-state index contributed by atoms with van der Waals surface area (Å²) < 4.78 is 1.14. The van der Waals surface area contributed by atoms with Gasteiger partial charge in [-0.25, -0.2) is 0 Å². The standard InChI is InChI=1S/C12H11BrClNS/c1-7-5-10(16-12(7)13)11(15)8-3-2-4-9(14)6-8/h2-6,11H,15H2,1H3. The summed E-state index contributed by atoms with van der Waals surface area (Å²) in [5.41, 5.74) is 8.46. The van der Waals surface area contributed by atoms with Crippen LogP contribution in [0.5, 0.6) is 0 Å². The number of aryl methyl sites for hydroxylation is 1. The van der Waals surface area contributed by atoms with Crippen molar-refractivity contribution in [3.63, 3.8) is 0 Å². The summed E-state index contributed by atoms with van der Waals surface area (Å²) in [4.78, 5) is 1.15. The van der Waals surface area contributed by atoms with Gasteiger partial charge in [0.05, 0.1) is 9.83 Å². The Kier molecular flexibility index (Phi) is 3.70. The summed E-state index contributed by atoms with van der Waals surface area (Å²) in [6.07, 6.45) is 0. The quantitative estimate of drug-likeness (QED) is 0.866. The Morgan fingerprint density at radius 3 is 2.69 bits per heavy atom. The Bertz CT molecular complexity index is 490. The van der Waals surface area contributed by atoms with Gasteiger partial charge in [0.2, 0.25) is 0 Å². The van der Waals surface area contributed by atoms with Crippen LogP contribution >= 0.6 is 38.9 Å². The lowest BCUT2D eigenvalue weighted by molar-refractivity contribution is 0.893. The molecule has 0 aliphatic carbocycles. The SMILES string of the molecule is Cc1cc(C(N)c2cccc(Cl)c2)sc1Br. The van der Waals surface area contributed by atoms with E-state index in [1.165, 1.54) is 5.56 Å². The number of rotatable bonds is 2. The van der Waals surface area contributed by atoms with Crippen LogP contribution in [0, 0.1) is 6.92 Å². The zero-order valence-corrected chi connectivity index (χ0v) is 11.9. The van der Waals surface area contributed by atoms with E-state index in [4.69, 9.17) is 17.3 Å². The molecule has 0 radical (unpaired) electrons. The monoisotopic (exact) mass is 315 g/mol. The first kappa shape index (κ1) is 12.1. The van der Waals surface area contributed by atoms with E-state index in [1.807, 2.05) is 24.3 Å². The molecule has 84 valence electrons. The van der Waals surface area contributed by atoms with Crippen molar-refractivity contribution in [3.05, 3.63) is 55.1 Å². The maximum absolute atomic E-state index is 6.20. The normalized spacial score (nSPS) is 12.8. The first-order chi connectivity index (χ1) is 7.58. The molecule has 0 spiro atoms. The molecule has 0 bridgehead atoms. The molecule has 2 N–H and O–H groups in total. The third-order valence-corrected chi connectivity index (χ3v) is 4.85. The molecular formula is C12H11BrClNS. The van der Waals surface area contributed by atoms with Crippen molar-refractivity contribution >= 4 is 38.9 Å². The zero-order chi connectivity index (χ0) is 11.7. The van der Waals surface area contributed by atoms with Gasteiger partial charge in [-0.1, -0.05) is 23.7 Å². The van der Waals surface area contributed by atoms with Crippen molar-refractivity contribution in [2.24, 2.45) is 5.73 Å². The van der Waals surface area contributed by atoms with E-state index in [1.54, 1.807) is 11.3 Å². The highest BCUT2D eigenvalue weighted by molar-refractivity contribution is 9.11. The second kappa shape index (κ2) is 4.88. The summed E-state index contributed by atoms with van der Waals surface area (Å²) in [5.74, 6) is 0. The van der Waals surface area contributed by atoms with Crippen LogP contribution in [-0.2, 0) is 0 Å². The van der Waals surface area contributed by atoms with E-state index < -0.39 is 0 Å². The molecule has 0 aliphatic rings. The van der Waals surface area contributed by atoms with Crippen LogP contribution in [0.3, 0.4) is 0 Å². The number of benzene rings is 1. The second-order valence-electron chi connectivity index (χ2n) is 3.64. The molecule has 1 aromatic heterocycles. The largest absolute Gasteiger partial charge is 0.320 e. The maximum Gasteiger partial charge on any atom is 0.0731 e. The smallest absolute Gasteiger partial charge is 0.0731 e. The summed E-state index contributed by atoms with van der Waals surface area (Å²) >= 11 is 11.1. The van der Waals surface area contributed by atoms with Gasteiger partial charge in [0.25, 0.3) is 0 Å². The van der Waals surface area contributed by atoms with Crippen molar-refractivity contribution in [2.45, 2.75) is 13.0 Å². The Morgan fingerprint density at radius 1 is 1.38 bits per heavy atom. The molecule has 0 fully saturated rings. The van der Waals surface area contributed by atoms with Gasteiger partial charge in [-0.05, 0) is 52.2 Å². The topological polar surface area (TPSA) is 26.0 Å². The number of nitrogens with two attached hydrogens (primary N) is 1. The fourth-order valence-electron chi connectivity index (χ4n) is 1.50. The molecule has 1 heterocycles. The summed E-state index contributed by atoms with van der Waals surface area (Å²) in [7, 11) is 0. The van der Waals surface area contributed by atoms with E-state index in [9.17, 15) is 0 Å². The van der Waals surface area contributed by atoms with Gasteiger partial charge in [0.15, 0.2) is 0 Å². The first-order valence-electron chi connectivity index (χ1n) is 4.85. The Hall–Kier alpha value is -0.350. The van der Waals surface area contributed by atoms with Crippen LogP contribution in [0.15, 0.2) is 34.1 Å². The average molecular weight is 317 g/mol. The Morgan fingerprint density at radius 2 is 2.12 bits per heavy atom. The van der Waals surface area contributed by atoms with Crippen LogP contribution in [0.1, 0.15) is 22.0 Å². The molecule has 16 heavy (non-hydrogen) atoms. The van der Waals surface area contributed by atoms with Crippen LogP contribution in [0.25, 0.3) is 0 Å². The zero-order valence-electron chi connectivity index (χ0n) is 8.71. The van der Waals surface area contributed by atoms with Crippen LogP contribution < -0.4 is 5.73 Å². The lowest BCUT2D eigenvalue weighted by atomic mass is 10.1. The van der Waals surface area contributed by atoms with Crippen molar-refractivity contribution in [1.29, 1.82) is 0 Å². The van der Waals surface area contributed by atoms with Gasteiger partial charge >= 0.3 is 0 Å². The summed E-state index contributed by atoms with van der Waals surface area (Å²) in [6, 6.07) is 9.70. The van der Waals surface area contributed by atoms with Gasteiger partial charge in [0.1, 0.15) is 0 Å². The molecule has 4 heteroatoms. The summed E-state index contributed by atoms with van der Waals surface area (Å²) in [5, 5.41) is 0.722. The Balaban J connectivity index is 2.35.